The number of rotatable bonds is 6. The SMILES string of the molecule is CC(C)C(CCCN)C(C)O[SiH3]. The molecule has 0 aliphatic rings. The minimum atomic E-state index is 0.420. The quantitative estimate of drug-likeness (QED) is 0.624. The topological polar surface area (TPSA) is 35.2 Å². The van der Waals surface area contributed by atoms with Crippen molar-refractivity contribution in [2.45, 2.75) is 39.7 Å². The van der Waals surface area contributed by atoms with Gasteiger partial charge >= 0.3 is 0 Å². The highest BCUT2D eigenvalue weighted by Gasteiger charge is 2.19. The molecule has 74 valence electrons. The van der Waals surface area contributed by atoms with Crippen molar-refractivity contribution in [1.29, 1.82) is 0 Å². The van der Waals surface area contributed by atoms with Crippen molar-refractivity contribution in [3.05, 3.63) is 0 Å². The van der Waals surface area contributed by atoms with Gasteiger partial charge in [-0.15, -0.1) is 0 Å². The Labute approximate surface area is 79.4 Å². The fraction of sp³-hybridized carbons (Fsp3) is 1.00. The summed E-state index contributed by atoms with van der Waals surface area (Å²) in [6, 6.07) is 0. The van der Waals surface area contributed by atoms with Crippen LogP contribution in [0, 0.1) is 11.8 Å². The lowest BCUT2D eigenvalue weighted by atomic mass is 9.87. The first-order chi connectivity index (χ1) is 5.63. The Bertz CT molecular complexity index is 109. The van der Waals surface area contributed by atoms with Crippen LogP contribution in [0.2, 0.25) is 0 Å². The molecule has 0 heterocycles. The van der Waals surface area contributed by atoms with E-state index in [1.807, 2.05) is 0 Å². The van der Waals surface area contributed by atoms with E-state index in [0.29, 0.717) is 17.9 Å². The van der Waals surface area contributed by atoms with Crippen molar-refractivity contribution in [1.82, 2.24) is 0 Å². The van der Waals surface area contributed by atoms with E-state index in [-0.39, 0.29) is 0 Å². The van der Waals surface area contributed by atoms with Crippen molar-refractivity contribution in [2.75, 3.05) is 6.54 Å². The molecule has 0 saturated carbocycles. The summed E-state index contributed by atoms with van der Waals surface area (Å²) in [4.78, 5) is 0. The Morgan fingerprint density at radius 3 is 2.25 bits per heavy atom. The summed E-state index contributed by atoms with van der Waals surface area (Å²) < 4.78 is 5.47. The highest BCUT2D eigenvalue weighted by atomic mass is 28.2. The summed E-state index contributed by atoms with van der Waals surface area (Å²) in [5.74, 6) is 1.39. The molecule has 0 rings (SSSR count). The Morgan fingerprint density at radius 2 is 1.92 bits per heavy atom. The third kappa shape index (κ3) is 4.23. The Kier molecular flexibility index (Phi) is 6.71. The summed E-state index contributed by atoms with van der Waals surface area (Å²) in [6.07, 6.45) is 2.75. The van der Waals surface area contributed by atoms with Crippen LogP contribution in [0.1, 0.15) is 33.6 Å². The molecule has 0 saturated heterocycles. The van der Waals surface area contributed by atoms with Crippen LogP contribution in [0.3, 0.4) is 0 Å². The second kappa shape index (κ2) is 6.63. The normalized spacial score (nSPS) is 16.8. The third-order valence-electron chi connectivity index (χ3n) is 2.57. The molecule has 0 aromatic heterocycles. The summed E-state index contributed by atoms with van der Waals surface area (Å²) in [5, 5.41) is 0. The molecule has 0 amide bonds. The highest BCUT2D eigenvalue weighted by Crippen LogP contribution is 2.22. The van der Waals surface area contributed by atoms with E-state index in [9.17, 15) is 0 Å². The summed E-state index contributed by atoms with van der Waals surface area (Å²) in [7, 11) is 0.844. The molecule has 0 fully saturated rings. The first-order valence-electron chi connectivity index (χ1n) is 4.86. The average Bonchev–Trinajstić information content (AvgIpc) is 2.04. The predicted molar refractivity (Wildman–Crippen MR) is 57.1 cm³/mol. The molecule has 0 aliphatic heterocycles. The second-order valence-electron chi connectivity index (χ2n) is 3.78. The summed E-state index contributed by atoms with van der Waals surface area (Å²) >= 11 is 0. The zero-order chi connectivity index (χ0) is 9.56. The molecule has 3 heteroatoms. The maximum Gasteiger partial charge on any atom is 0.146 e. The smallest absolute Gasteiger partial charge is 0.146 e. The van der Waals surface area contributed by atoms with Gasteiger partial charge in [-0.05, 0) is 38.1 Å². The van der Waals surface area contributed by atoms with E-state index in [4.69, 9.17) is 10.2 Å². The Hall–Kier alpha value is 0.137. The minimum absolute atomic E-state index is 0.420. The van der Waals surface area contributed by atoms with Crippen molar-refractivity contribution >= 4 is 10.5 Å². The van der Waals surface area contributed by atoms with E-state index >= 15 is 0 Å². The lowest BCUT2D eigenvalue weighted by molar-refractivity contribution is 0.123. The predicted octanol–water partition coefficient (Wildman–Crippen LogP) is 0.683. The fourth-order valence-electron chi connectivity index (χ4n) is 1.64. The van der Waals surface area contributed by atoms with Crippen LogP contribution in [0.4, 0.5) is 0 Å². The van der Waals surface area contributed by atoms with Gasteiger partial charge in [0.05, 0.1) is 0 Å². The number of hydrogen-bond donors (Lipinski definition) is 1. The zero-order valence-corrected chi connectivity index (χ0v) is 10.8. The molecule has 2 atom stereocenters. The maximum atomic E-state index is 5.49. The van der Waals surface area contributed by atoms with Gasteiger partial charge in [0.1, 0.15) is 10.5 Å². The van der Waals surface area contributed by atoms with Gasteiger partial charge in [0.2, 0.25) is 0 Å². The molecule has 0 bridgehead atoms. The molecule has 0 aromatic rings. The van der Waals surface area contributed by atoms with Crippen LogP contribution in [-0.4, -0.2) is 23.1 Å². The van der Waals surface area contributed by atoms with E-state index in [1.54, 1.807) is 0 Å². The molecular weight excluding hydrogens is 166 g/mol. The highest BCUT2D eigenvalue weighted by molar-refractivity contribution is 5.98. The van der Waals surface area contributed by atoms with Gasteiger partial charge in [-0.2, -0.15) is 0 Å². The van der Waals surface area contributed by atoms with Crippen LogP contribution in [0.25, 0.3) is 0 Å². The largest absolute Gasteiger partial charge is 0.425 e. The van der Waals surface area contributed by atoms with Gasteiger partial charge in [-0.1, -0.05) is 13.8 Å². The fourth-order valence-corrected chi connectivity index (χ4v) is 1.99. The van der Waals surface area contributed by atoms with E-state index < -0.39 is 0 Å². The molecule has 0 spiro atoms. The number of nitrogens with two attached hydrogens (primary N) is 1. The monoisotopic (exact) mass is 189 g/mol. The first kappa shape index (κ1) is 12.1. The summed E-state index contributed by atoms with van der Waals surface area (Å²) in [6.45, 7) is 7.50. The van der Waals surface area contributed by atoms with Gasteiger partial charge < -0.3 is 10.2 Å². The Balaban J connectivity index is 3.85. The third-order valence-corrected chi connectivity index (χ3v) is 3.32. The first-order valence-corrected chi connectivity index (χ1v) is 5.68. The second-order valence-corrected chi connectivity index (χ2v) is 4.25. The zero-order valence-electron chi connectivity index (χ0n) is 8.84. The van der Waals surface area contributed by atoms with Crippen molar-refractivity contribution < 1.29 is 4.43 Å². The summed E-state index contributed by atoms with van der Waals surface area (Å²) in [5.41, 5.74) is 5.49. The van der Waals surface area contributed by atoms with Gasteiger partial charge in [-0.25, -0.2) is 0 Å². The van der Waals surface area contributed by atoms with Crippen LogP contribution in [0.5, 0.6) is 0 Å². The van der Waals surface area contributed by atoms with Gasteiger partial charge in [0, 0.05) is 6.10 Å². The molecule has 2 N–H and O–H groups in total. The molecule has 2 unspecified atom stereocenters. The minimum Gasteiger partial charge on any atom is -0.425 e. The van der Waals surface area contributed by atoms with E-state index in [0.717, 1.165) is 23.5 Å². The lowest BCUT2D eigenvalue weighted by Gasteiger charge is -2.26. The van der Waals surface area contributed by atoms with Gasteiger partial charge in [-0.3, -0.25) is 0 Å². The van der Waals surface area contributed by atoms with Gasteiger partial charge in [0.25, 0.3) is 0 Å². The molecule has 2 nitrogen and oxygen atoms in total. The van der Waals surface area contributed by atoms with Gasteiger partial charge in [0.15, 0.2) is 0 Å². The van der Waals surface area contributed by atoms with Crippen LogP contribution in [-0.2, 0) is 4.43 Å². The van der Waals surface area contributed by atoms with Crippen molar-refractivity contribution in [2.24, 2.45) is 17.6 Å². The molecule has 0 aliphatic carbocycles. The lowest BCUT2D eigenvalue weighted by Crippen LogP contribution is -2.25. The van der Waals surface area contributed by atoms with E-state index in [1.165, 1.54) is 6.42 Å². The molecule has 0 radical (unpaired) electrons. The molecule has 0 aromatic carbocycles. The Morgan fingerprint density at radius 1 is 1.33 bits per heavy atom. The van der Waals surface area contributed by atoms with Crippen LogP contribution < -0.4 is 5.73 Å². The number of hydrogen-bond acceptors (Lipinski definition) is 2. The molecular formula is C9H23NOSi. The molecule has 12 heavy (non-hydrogen) atoms. The van der Waals surface area contributed by atoms with Crippen LogP contribution >= 0.6 is 0 Å². The maximum absolute atomic E-state index is 5.49. The standard InChI is InChI=1S/C9H23NOSi/c1-7(2)9(5-4-6-10)8(3)11-12/h7-9H,4-6,10H2,1-3,12H3. The van der Waals surface area contributed by atoms with Crippen molar-refractivity contribution in [3.8, 4) is 0 Å². The van der Waals surface area contributed by atoms with E-state index in [2.05, 4.69) is 20.8 Å². The average molecular weight is 189 g/mol. The van der Waals surface area contributed by atoms with Crippen molar-refractivity contribution in [3.63, 3.8) is 0 Å². The van der Waals surface area contributed by atoms with Crippen LogP contribution in [0.15, 0.2) is 0 Å².